The molecule has 8 nitrogen and oxygen atoms in total. The first kappa shape index (κ1) is 20.1. The maximum Gasteiger partial charge on any atom is 0.240 e. The predicted molar refractivity (Wildman–Crippen MR) is 105 cm³/mol. The van der Waals surface area contributed by atoms with E-state index in [4.69, 9.17) is 9.47 Å². The fourth-order valence-electron chi connectivity index (χ4n) is 2.91. The largest absolute Gasteiger partial charge is 0.454 e. The number of nitrogens with one attached hydrogen (secondary N) is 2. The van der Waals surface area contributed by atoms with E-state index >= 15 is 0 Å². The van der Waals surface area contributed by atoms with Crippen molar-refractivity contribution < 1.29 is 22.7 Å². The Morgan fingerprint density at radius 2 is 1.79 bits per heavy atom. The Balaban J connectivity index is 1.73. The lowest BCUT2D eigenvalue weighted by atomic mass is 10.1. The molecule has 28 heavy (non-hydrogen) atoms. The molecule has 0 saturated carbocycles. The van der Waals surface area contributed by atoms with Crippen molar-refractivity contribution in [3.05, 3.63) is 48.0 Å². The maximum atomic E-state index is 12.6. The van der Waals surface area contributed by atoms with Crippen molar-refractivity contribution in [1.29, 1.82) is 0 Å². The number of fused-ring (bicyclic) bond motifs is 1. The molecule has 0 radical (unpaired) electrons. The van der Waals surface area contributed by atoms with Crippen LogP contribution in [0.2, 0.25) is 0 Å². The predicted octanol–water partition coefficient (Wildman–Crippen LogP) is 1.95. The normalized spacial score (nSPS) is 14.1. The Kier molecular flexibility index (Phi) is 5.87. The van der Waals surface area contributed by atoms with Crippen molar-refractivity contribution in [2.24, 2.45) is 0 Å². The molecule has 1 atom stereocenters. The van der Waals surface area contributed by atoms with Gasteiger partial charge in [-0.05, 0) is 56.1 Å². The van der Waals surface area contributed by atoms with E-state index < -0.39 is 10.0 Å². The lowest BCUT2D eigenvalue weighted by Gasteiger charge is -2.25. The van der Waals surface area contributed by atoms with Crippen molar-refractivity contribution in [1.82, 2.24) is 9.62 Å². The lowest BCUT2D eigenvalue weighted by molar-refractivity contribution is -0.114. The molecule has 9 heteroatoms. The van der Waals surface area contributed by atoms with E-state index in [9.17, 15) is 13.2 Å². The molecule has 2 aromatic rings. The van der Waals surface area contributed by atoms with Crippen LogP contribution >= 0.6 is 0 Å². The molecule has 1 amide bonds. The van der Waals surface area contributed by atoms with Gasteiger partial charge in [-0.1, -0.05) is 6.07 Å². The number of hydrogen-bond acceptors (Lipinski definition) is 6. The summed E-state index contributed by atoms with van der Waals surface area (Å²) >= 11 is 0. The highest BCUT2D eigenvalue weighted by Crippen LogP contribution is 2.35. The van der Waals surface area contributed by atoms with Crippen LogP contribution in [0.1, 0.15) is 18.5 Å². The van der Waals surface area contributed by atoms with E-state index in [0.717, 1.165) is 5.56 Å². The van der Waals surface area contributed by atoms with Crippen molar-refractivity contribution >= 4 is 21.6 Å². The minimum Gasteiger partial charge on any atom is -0.454 e. The van der Waals surface area contributed by atoms with Crippen molar-refractivity contribution in [2.45, 2.75) is 17.9 Å². The van der Waals surface area contributed by atoms with Crippen molar-refractivity contribution in [2.75, 3.05) is 32.7 Å². The van der Waals surface area contributed by atoms with Crippen LogP contribution in [0.5, 0.6) is 11.5 Å². The summed E-state index contributed by atoms with van der Waals surface area (Å²) in [6, 6.07) is 11.4. The molecule has 1 aliphatic heterocycles. The number of hydrogen-bond donors (Lipinski definition) is 2. The number of sulfonamides is 1. The van der Waals surface area contributed by atoms with Crippen LogP contribution in [0.3, 0.4) is 0 Å². The first-order valence-electron chi connectivity index (χ1n) is 8.69. The van der Waals surface area contributed by atoms with Crippen LogP contribution in [0.25, 0.3) is 0 Å². The van der Waals surface area contributed by atoms with Gasteiger partial charge in [-0.25, -0.2) is 13.1 Å². The van der Waals surface area contributed by atoms with Crippen molar-refractivity contribution in [3.63, 3.8) is 0 Å². The number of benzene rings is 2. The van der Waals surface area contributed by atoms with E-state index in [-0.39, 0.29) is 30.2 Å². The Hall–Kier alpha value is -2.62. The molecule has 0 unspecified atom stereocenters. The SMILES string of the molecule is CC(=O)Nc1ccc(S(=O)(=O)NC[C@H](c2ccc3c(c2)OCO3)N(C)C)cc1. The van der Waals surface area contributed by atoms with Crippen LogP contribution in [0.4, 0.5) is 5.69 Å². The van der Waals surface area contributed by atoms with Crippen LogP contribution in [0.15, 0.2) is 47.4 Å². The van der Waals surface area contributed by atoms with E-state index in [0.29, 0.717) is 17.2 Å². The molecule has 0 aromatic heterocycles. The summed E-state index contributed by atoms with van der Waals surface area (Å²) < 4.78 is 38.7. The second-order valence-corrected chi connectivity index (χ2v) is 8.42. The Bertz CT molecular complexity index is 958. The third-order valence-corrected chi connectivity index (χ3v) is 5.80. The number of rotatable bonds is 7. The Morgan fingerprint density at radius 3 is 2.43 bits per heavy atom. The van der Waals surface area contributed by atoms with Gasteiger partial charge in [0.15, 0.2) is 11.5 Å². The number of ether oxygens (including phenoxy) is 2. The van der Waals surface area contributed by atoms with Gasteiger partial charge in [0, 0.05) is 25.2 Å². The number of carbonyl (C=O) groups is 1. The third kappa shape index (κ3) is 4.61. The molecule has 0 fully saturated rings. The quantitative estimate of drug-likeness (QED) is 0.731. The van der Waals surface area contributed by atoms with Crippen molar-refractivity contribution in [3.8, 4) is 11.5 Å². The average molecular weight is 405 g/mol. The molecule has 3 rings (SSSR count). The minimum absolute atomic E-state index is 0.129. The summed E-state index contributed by atoms with van der Waals surface area (Å²) in [5.74, 6) is 1.12. The van der Waals surface area contributed by atoms with Gasteiger partial charge in [-0.2, -0.15) is 0 Å². The fraction of sp³-hybridized carbons (Fsp3) is 0.316. The molecule has 2 aromatic carbocycles. The molecular weight excluding hydrogens is 382 g/mol. The highest BCUT2D eigenvalue weighted by molar-refractivity contribution is 7.89. The smallest absolute Gasteiger partial charge is 0.240 e. The number of nitrogens with zero attached hydrogens (tertiary/aromatic N) is 1. The number of amides is 1. The van der Waals surface area contributed by atoms with Gasteiger partial charge >= 0.3 is 0 Å². The second kappa shape index (κ2) is 8.17. The summed E-state index contributed by atoms with van der Waals surface area (Å²) in [7, 11) is 0.0625. The monoisotopic (exact) mass is 405 g/mol. The van der Waals surface area contributed by atoms with Gasteiger partial charge in [0.2, 0.25) is 22.7 Å². The Morgan fingerprint density at radius 1 is 1.11 bits per heavy atom. The van der Waals surface area contributed by atoms with Gasteiger partial charge in [0.05, 0.1) is 4.90 Å². The summed E-state index contributed by atoms with van der Waals surface area (Å²) in [4.78, 5) is 13.1. The van der Waals surface area contributed by atoms with E-state index in [1.807, 2.05) is 37.2 Å². The van der Waals surface area contributed by atoms with Gasteiger partial charge in [0.1, 0.15) is 0 Å². The standard InChI is InChI=1S/C19H23N3O5S/c1-13(23)21-15-5-7-16(8-6-15)28(24,25)20-11-17(22(2)3)14-4-9-18-19(10-14)27-12-26-18/h4-10,17,20H,11-12H2,1-3H3,(H,21,23)/t17-/m1/s1. The molecule has 1 aliphatic rings. The van der Waals surface area contributed by atoms with Crippen LogP contribution in [0, 0.1) is 0 Å². The maximum absolute atomic E-state index is 12.6. The number of carbonyl (C=O) groups excluding carboxylic acids is 1. The molecule has 0 aliphatic carbocycles. The summed E-state index contributed by atoms with van der Waals surface area (Å²) in [6.07, 6.45) is 0. The van der Waals surface area contributed by atoms with Crippen LogP contribution in [-0.2, 0) is 14.8 Å². The topological polar surface area (TPSA) is 97.0 Å². The molecule has 1 heterocycles. The summed E-state index contributed by atoms with van der Waals surface area (Å²) in [5.41, 5.74) is 1.45. The molecule has 2 N–H and O–H groups in total. The molecular formula is C19H23N3O5S. The van der Waals surface area contributed by atoms with E-state index in [2.05, 4.69) is 10.0 Å². The molecule has 0 bridgehead atoms. The van der Waals surface area contributed by atoms with Gasteiger partial charge in [0.25, 0.3) is 0 Å². The lowest BCUT2D eigenvalue weighted by Crippen LogP contribution is -2.34. The third-order valence-electron chi connectivity index (χ3n) is 4.36. The van der Waals surface area contributed by atoms with Crippen LogP contribution < -0.4 is 19.5 Å². The number of anilines is 1. The fourth-order valence-corrected chi connectivity index (χ4v) is 3.95. The van der Waals surface area contributed by atoms with E-state index in [1.165, 1.54) is 19.1 Å². The zero-order chi connectivity index (χ0) is 20.3. The molecule has 0 spiro atoms. The highest BCUT2D eigenvalue weighted by atomic mass is 32.2. The molecule has 0 saturated heterocycles. The zero-order valence-corrected chi connectivity index (χ0v) is 16.7. The summed E-state index contributed by atoms with van der Waals surface area (Å²) in [6.45, 7) is 1.76. The first-order valence-corrected chi connectivity index (χ1v) is 10.2. The van der Waals surface area contributed by atoms with Gasteiger partial charge < -0.3 is 19.7 Å². The Labute approximate surface area is 164 Å². The number of likely N-dealkylation sites (N-methyl/N-ethyl adjacent to an activating group) is 1. The zero-order valence-electron chi connectivity index (χ0n) is 15.9. The summed E-state index contributed by atoms with van der Waals surface area (Å²) in [5, 5.41) is 2.61. The van der Waals surface area contributed by atoms with E-state index in [1.54, 1.807) is 12.1 Å². The molecule has 150 valence electrons. The van der Waals surface area contributed by atoms with Gasteiger partial charge in [-0.3, -0.25) is 4.79 Å². The second-order valence-electron chi connectivity index (χ2n) is 6.65. The van der Waals surface area contributed by atoms with Gasteiger partial charge in [-0.15, -0.1) is 0 Å². The van der Waals surface area contributed by atoms with Crippen LogP contribution in [-0.4, -0.2) is 46.7 Å². The first-order chi connectivity index (χ1) is 13.3. The average Bonchev–Trinajstić information content (AvgIpc) is 3.09. The minimum atomic E-state index is -3.70. The highest BCUT2D eigenvalue weighted by Gasteiger charge is 2.22.